The average Bonchev–Trinajstić information content (AvgIpc) is 3.20. The van der Waals surface area contributed by atoms with Gasteiger partial charge in [-0.15, -0.1) is 12.4 Å². The van der Waals surface area contributed by atoms with Crippen LogP contribution in [0.5, 0.6) is 0 Å². The maximum atomic E-state index is 11.9. The Morgan fingerprint density at radius 3 is 2.65 bits per heavy atom. The van der Waals surface area contributed by atoms with E-state index in [-0.39, 0.29) is 30.1 Å². The first-order chi connectivity index (χ1) is 9.19. The molecule has 2 fully saturated rings. The molecule has 0 aromatic carbocycles. The van der Waals surface area contributed by atoms with E-state index < -0.39 is 0 Å². The molecular formula is C13H25ClN4O2. The summed E-state index contributed by atoms with van der Waals surface area (Å²) in [6.07, 6.45) is 4.08. The van der Waals surface area contributed by atoms with Gasteiger partial charge in [0, 0.05) is 25.7 Å². The van der Waals surface area contributed by atoms with Crippen molar-refractivity contribution in [2.45, 2.75) is 31.7 Å². The first-order valence-electron chi connectivity index (χ1n) is 7.18. The second-order valence-electron chi connectivity index (χ2n) is 5.50. The highest BCUT2D eigenvalue weighted by molar-refractivity contribution is 5.85. The summed E-state index contributed by atoms with van der Waals surface area (Å²) in [5.41, 5.74) is 5.37. The number of hydrogen-bond donors (Lipinski definition) is 3. The second-order valence-corrected chi connectivity index (χ2v) is 5.50. The number of nitrogens with two attached hydrogens (primary N) is 1. The van der Waals surface area contributed by atoms with Crippen molar-refractivity contribution in [1.29, 1.82) is 0 Å². The highest BCUT2D eigenvalue weighted by Gasteiger charge is 2.28. The van der Waals surface area contributed by atoms with Crippen LogP contribution in [-0.2, 0) is 9.59 Å². The standard InChI is InChI=1S/C13H24N4O2.ClH/c14-5-6-15-13(19)10-2-1-7-17(8-10)9-12(18)16-11-3-4-11;/h10-11H,1-9,14H2,(H,15,19)(H,16,18);1H. The molecule has 7 heteroatoms. The van der Waals surface area contributed by atoms with Gasteiger partial charge in [-0.2, -0.15) is 0 Å². The molecule has 2 rings (SSSR count). The average molecular weight is 305 g/mol. The van der Waals surface area contributed by atoms with Crippen LogP contribution < -0.4 is 16.4 Å². The Morgan fingerprint density at radius 2 is 2.00 bits per heavy atom. The lowest BCUT2D eigenvalue weighted by atomic mass is 9.97. The molecule has 4 N–H and O–H groups in total. The summed E-state index contributed by atoms with van der Waals surface area (Å²) in [6.45, 7) is 2.98. The molecule has 6 nitrogen and oxygen atoms in total. The number of nitrogens with one attached hydrogen (secondary N) is 2. The van der Waals surface area contributed by atoms with Crippen LogP contribution in [0.25, 0.3) is 0 Å². The Hall–Kier alpha value is -0.850. The van der Waals surface area contributed by atoms with Gasteiger partial charge in [-0.25, -0.2) is 0 Å². The lowest BCUT2D eigenvalue weighted by molar-refractivity contribution is -0.128. The number of amides is 2. The van der Waals surface area contributed by atoms with Gasteiger partial charge in [-0.05, 0) is 32.2 Å². The largest absolute Gasteiger partial charge is 0.355 e. The summed E-state index contributed by atoms with van der Waals surface area (Å²) in [7, 11) is 0. The number of halogens is 1. The molecule has 1 saturated heterocycles. The van der Waals surface area contributed by atoms with Crippen molar-refractivity contribution in [3.63, 3.8) is 0 Å². The van der Waals surface area contributed by atoms with Gasteiger partial charge in [-0.1, -0.05) is 0 Å². The topological polar surface area (TPSA) is 87.5 Å². The van der Waals surface area contributed by atoms with E-state index >= 15 is 0 Å². The Kier molecular flexibility index (Phi) is 7.26. The third kappa shape index (κ3) is 5.64. The van der Waals surface area contributed by atoms with Gasteiger partial charge >= 0.3 is 0 Å². The molecule has 116 valence electrons. The van der Waals surface area contributed by atoms with Crippen LogP contribution in [0, 0.1) is 5.92 Å². The molecule has 1 heterocycles. The number of carbonyl (C=O) groups excluding carboxylic acids is 2. The van der Waals surface area contributed by atoms with Crippen LogP contribution in [0.2, 0.25) is 0 Å². The quantitative estimate of drug-likeness (QED) is 0.616. The van der Waals surface area contributed by atoms with E-state index in [0.717, 1.165) is 32.2 Å². The summed E-state index contributed by atoms with van der Waals surface area (Å²) >= 11 is 0. The van der Waals surface area contributed by atoms with Crippen LogP contribution in [0.4, 0.5) is 0 Å². The molecule has 1 aliphatic heterocycles. The summed E-state index contributed by atoms with van der Waals surface area (Å²) in [5, 5.41) is 5.81. The fourth-order valence-corrected chi connectivity index (χ4v) is 2.46. The molecule has 1 atom stereocenters. The molecule has 0 aromatic heterocycles. The molecule has 0 spiro atoms. The van der Waals surface area contributed by atoms with Crippen LogP contribution in [-0.4, -0.2) is 55.5 Å². The van der Waals surface area contributed by atoms with Gasteiger partial charge in [0.05, 0.1) is 12.5 Å². The fraction of sp³-hybridized carbons (Fsp3) is 0.846. The van der Waals surface area contributed by atoms with E-state index in [0.29, 0.717) is 32.2 Å². The zero-order valence-electron chi connectivity index (χ0n) is 11.8. The maximum absolute atomic E-state index is 11.9. The minimum Gasteiger partial charge on any atom is -0.355 e. The highest BCUT2D eigenvalue weighted by Crippen LogP contribution is 2.19. The first-order valence-corrected chi connectivity index (χ1v) is 7.18. The molecule has 2 aliphatic rings. The fourth-order valence-electron chi connectivity index (χ4n) is 2.46. The van der Waals surface area contributed by atoms with E-state index in [4.69, 9.17) is 5.73 Å². The molecule has 20 heavy (non-hydrogen) atoms. The number of likely N-dealkylation sites (tertiary alicyclic amines) is 1. The Morgan fingerprint density at radius 1 is 1.25 bits per heavy atom. The zero-order chi connectivity index (χ0) is 13.7. The molecule has 2 amide bonds. The summed E-state index contributed by atoms with van der Waals surface area (Å²) in [5.74, 6) is 0.150. The van der Waals surface area contributed by atoms with E-state index in [1.165, 1.54) is 0 Å². The van der Waals surface area contributed by atoms with Gasteiger partial charge in [0.25, 0.3) is 0 Å². The summed E-state index contributed by atoms with van der Waals surface area (Å²) in [6, 6.07) is 0.404. The summed E-state index contributed by atoms with van der Waals surface area (Å²) in [4.78, 5) is 25.7. The number of rotatable bonds is 6. The normalized spacial score (nSPS) is 22.8. The first kappa shape index (κ1) is 17.2. The zero-order valence-corrected chi connectivity index (χ0v) is 12.6. The van der Waals surface area contributed by atoms with E-state index in [1.54, 1.807) is 0 Å². The van der Waals surface area contributed by atoms with Crippen molar-refractivity contribution in [2.24, 2.45) is 11.7 Å². The third-order valence-electron chi connectivity index (χ3n) is 3.63. The predicted molar refractivity (Wildman–Crippen MR) is 79.6 cm³/mol. The van der Waals surface area contributed by atoms with Crippen LogP contribution in [0.3, 0.4) is 0 Å². The Labute approximate surface area is 126 Å². The Bertz CT molecular complexity index is 336. The predicted octanol–water partition coefficient (Wildman–Crippen LogP) is -0.526. The minimum atomic E-state index is -0.00553. The summed E-state index contributed by atoms with van der Waals surface area (Å²) < 4.78 is 0. The number of piperidine rings is 1. The van der Waals surface area contributed by atoms with E-state index in [1.807, 2.05) is 0 Å². The molecular weight excluding hydrogens is 280 g/mol. The van der Waals surface area contributed by atoms with Crippen LogP contribution in [0.1, 0.15) is 25.7 Å². The molecule has 1 aliphatic carbocycles. The SMILES string of the molecule is Cl.NCCNC(=O)C1CCCN(CC(=O)NC2CC2)C1. The van der Waals surface area contributed by atoms with Gasteiger partial charge in [0.15, 0.2) is 0 Å². The highest BCUT2D eigenvalue weighted by atomic mass is 35.5. The van der Waals surface area contributed by atoms with Crippen LogP contribution >= 0.6 is 12.4 Å². The molecule has 0 radical (unpaired) electrons. The van der Waals surface area contributed by atoms with Gasteiger partial charge in [0.1, 0.15) is 0 Å². The second kappa shape index (κ2) is 8.44. The third-order valence-corrected chi connectivity index (χ3v) is 3.63. The van der Waals surface area contributed by atoms with Gasteiger partial charge in [-0.3, -0.25) is 14.5 Å². The van der Waals surface area contributed by atoms with Crippen molar-refractivity contribution in [1.82, 2.24) is 15.5 Å². The number of hydrogen-bond acceptors (Lipinski definition) is 4. The molecule has 1 unspecified atom stereocenters. The monoisotopic (exact) mass is 304 g/mol. The smallest absolute Gasteiger partial charge is 0.234 e. The maximum Gasteiger partial charge on any atom is 0.234 e. The van der Waals surface area contributed by atoms with Crippen molar-refractivity contribution >= 4 is 24.2 Å². The minimum absolute atomic E-state index is 0. The van der Waals surface area contributed by atoms with Crippen molar-refractivity contribution in [2.75, 3.05) is 32.7 Å². The number of carbonyl (C=O) groups is 2. The van der Waals surface area contributed by atoms with Gasteiger partial charge in [0.2, 0.25) is 11.8 Å². The molecule has 1 saturated carbocycles. The molecule has 0 bridgehead atoms. The van der Waals surface area contributed by atoms with Gasteiger partial charge < -0.3 is 16.4 Å². The van der Waals surface area contributed by atoms with Crippen LogP contribution in [0.15, 0.2) is 0 Å². The van der Waals surface area contributed by atoms with E-state index in [9.17, 15) is 9.59 Å². The number of nitrogens with zero attached hydrogens (tertiary/aromatic N) is 1. The van der Waals surface area contributed by atoms with E-state index in [2.05, 4.69) is 15.5 Å². The lowest BCUT2D eigenvalue weighted by Gasteiger charge is -2.31. The van der Waals surface area contributed by atoms with Crippen molar-refractivity contribution in [3.8, 4) is 0 Å². The van der Waals surface area contributed by atoms with Crippen molar-refractivity contribution < 1.29 is 9.59 Å². The Balaban J connectivity index is 0.00000200. The molecule has 0 aromatic rings. The van der Waals surface area contributed by atoms with Crippen molar-refractivity contribution in [3.05, 3.63) is 0 Å². The lowest BCUT2D eigenvalue weighted by Crippen LogP contribution is -2.47.